The highest BCUT2D eigenvalue weighted by molar-refractivity contribution is 7.17. The Balaban J connectivity index is 1.47. The second-order valence-corrected chi connectivity index (χ2v) is 8.87. The van der Waals surface area contributed by atoms with Gasteiger partial charge >= 0.3 is 0 Å². The first kappa shape index (κ1) is 20.1. The van der Waals surface area contributed by atoms with Gasteiger partial charge in [0.1, 0.15) is 10.5 Å². The van der Waals surface area contributed by atoms with Crippen LogP contribution in [0, 0.1) is 0 Å². The van der Waals surface area contributed by atoms with Gasteiger partial charge in [-0.1, -0.05) is 32.6 Å². The Morgan fingerprint density at radius 3 is 2.79 bits per heavy atom. The number of aryl methyl sites for hydroxylation is 2. The molecule has 0 aromatic carbocycles. The minimum Gasteiger partial charge on any atom is -0.353 e. The third-order valence-corrected chi connectivity index (χ3v) is 6.64. The molecule has 0 saturated heterocycles. The zero-order valence-electron chi connectivity index (χ0n) is 17.0. The molecule has 1 aliphatic carbocycles. The molecule has 29 heavy (non-hydrogen) atoms. The maximum absolute atomic E-state index is 12.8. The molecule has 1 amide bonds. The molecule has 7 nitrogen and oxygen atoms in total. The van der Waals surface area contributed by atoms with Gasteiger partial charge < -0.3 is 5.32 Å². The van der Waals surface area contributed by atoms with Crippen molar-refractivity contribution in [3.8, 4) is 0 Å². The van der Waals surface area contributed by atoms with Gasteiger partial charge in [0.25, 0.3) is 5.56 Å². The van der Waals surface area contributed by atoms with E-state index >= 15 is 0 Å². The maximum atomic E-state index is 12.8. The molecule has 8 heteroatoms. The van der Waals surface area contributed by atoms with Gasteiger partial charge in [0, 0.05) is 25.4 Å². The molecule has 1 N–H and O–H groups in total. The van der Waals surface area contributed by atoms with Crippen LogP contribution >= 0.6 is 11.3 Å². The van der Waals surface area contributed by atoms with Crippen LogP contribution in [-0.4, -0.2) is 31.1 Å². The van der Waals surface area contributed by atoms with Gasteiger partial charge in [-0.25, -0.2) is 0 Å². The second-order valence-electron chi connectivity index (χ2n) is 7.95. The van der Waals surface area contributed by atoms with Crippen molar-refractivity contribution in [2.75, 3.05) is 0 Å². The second kappa shape index (κ2) is 9.07. The summed E-state index contributed by atoms with van der Waals surface area (Å²) in [5.41, 5.74) is 0.872. The van der Waals surface area contributed by atoms with Crippen LogP contribution in [0.3, 0.4) is 0 Å². The molecule has 0 spiro atoms. The highest BCUT2D eigenvalue weighted by Crippen LogP contribution is 2.21. The third-order valence-electron chi connectivity index (χ3n) is 5.75. The van der Waals surface area contributed by atoms with Gasteiger partial charge in [-0.05, 0) is 37.1 Å². The van der Waals surface area contributed by atoms with Gasteiger partial charge in [-0.15, -0.1) is 21.5 Å². The van der Waals surface area contributed by atoms with Gasteiger partial charge in [-0.3, -0.25) is 18.6 Å². The van der Waals surface area contributed by atoms with Crippen LogP contribution in [0.15, 0.2) is 16.2 Å². The van der Waals surface area contributed by atoms with Crippen molar-refractivity contribution in [3.05, 3.63) is 27.6 Å². The van der Waals surface area contributed by atoms with Gasteiger partial charge in [0.05, 0.1) is 5.52 Å². The lowest BCUT2D eigenvalue weighted by molar-refractivity contribution is -0.122. The maximum Gasteiger partial charge on any atom is 0.272 e. The topological polar surface area (TPSA) is 81.3 Å². The molecule has 0 aliphatic heterocycles. The van der Waals surface area contributed by atoms with Gasteiger partial charge in [0.15, 0.2) is 0 Å². The summed E-state index contributed by atoms with van der Waals surface area (Å²) in [7, 11) is 0. The fourth-order valence-corrected chi connectivity index (χ4v) is 5.12. The average Bonchev–Trinajstić information content (AvgIpc) is 3.27. The Labute approximate surface area is 174 Å². The van der Waals surface area contributed by atoms with Gasteiger partial charge in [0.2, 0.25) is 11.7 Å². The Hall–Kier alpha value is -2.22. The SMILES string of the molecule is CCCn1c(=O)c2sccc2n2c(CCCC(=O)NC3CCCCCC3)nnc12. The van der Waals surface area contributed by atoms with Crippen molar-refractivity contribution in [3.63, 3.8) is 0 Å². The number of aromatic nitrogens is 4. The van der Waals surface area contributed by atoms with Crippen LogP contribution in [0.4, 0.5) is 0 Å². The summed E-state index contributed by atoms with van der Waals surface area (Å²) in [6, 6.07) is 2.30. The van der Waals surface area contributed by atoms with Crippen LogP contribution in [0.5, 0.6) is 0 Å². The first-order valence-electron chi connectivity index (χ1n) is 10.8. The number of amides is 1. The highest BCUT2D eigenvalue weighted by Gasteiger charge is 2.18. The minimum atomic E-state index is 0.00563. The van der Waals surface area contributed by atoms with Crippen LogP contribution in [0.25, 0.3) is 16.0 Å². The van der Waals surface area contributed by atoms with Gasteiger partial charge in [-0.2, -0.15) is 0 Å². The predicted molar refractivity (Wildman–Crippen MR) is 115 cm³/mol. The summed E-state index contributed by atoms with van der Waals surface area (Å²) < 4.78 is 4.44. The lowest BCUT2D eigenvalue weighted by atomic mass is 10.1. The highest BCUT2D eigenvalue weighted by atomic mass is 32.1. The number of fused-ring (bicyclic) bond motifs is 3. The van der Waals surface area contributed by atoms with E-state index in [4.69, 9.17) is 0 Å². The van der Waals surface area contributed by atoms with Crippen molar-refractivity contribution >= 4 is 33.2 Å². The molecular formula is C21H29N5O2S. The van der Waals surface area contributed by atoms with E-state index in [1.807, 2.05) is 22.8 Å². The van der Waals surface area contributed by atoms with E-state index in [2.05, 4.69) is 15.5 Å². The molecule has 0 unspecified atom stereocenters. The van der Waals surface area contributed by atoms with E-state index < -0.39 is 0 Å². The number of carbonyl (C=O) groups excluding carboxylic acids is 1. The fraction of sp³-hybridized carbons (Fsp3) is 0.619. The van der Waals surface area contributed by atoms with Crippen LogP contribution in [0.2, 0.25) is 0 Å². The quantitative estimate of drug-likeness (QED) is 0.597. The molecule has 1 aliphatic rings. The number of carbonyl (C=O) groups is 1. The van der Waals surface area contributed by atoms with Crippen LogP contribution in [-0.2, 0) is 17.8 Å². The first-order chi connectivity index (χ1) is 14.2. The summed E-state index contributed by atoms with van der Waals surface area (Å²) in [4.78, 5) is 25.1. The van der Waals surface area contributed by atoms with Crippen LogP contribution in [0.1, 0.15) is 70.5 Å². The standard InChI is InChI=1S/C21H29N5O2S/c1-2-13-25-20(28)19-16(12-14-29-19)26-17(23-24-21(25)26)10-7-11-18(27)22-15-8-5-3-4-6-9-15/h12,14-15H,2-11,13H2,1H3,(H,22,27). The monoisotopic (exact) mass is 415 g/mol. The number of nitrogens with one attached hydrogen (secondary N) is 1. The molecule has 156 valence electrons. The molecule has 3 heterocycles. The van der Waals surface area contributed by atoms with E-state index in [9.17, 15) is 9.59 Å². The number of hydrogen-bond acceptors (Lipinski definition) is 5. The molecule has 0 bridgehead atoms. The lowest BCUT2D eigenvalue weighted by Crippen LogP contribution is -2.34. The van der Waals surface area contributed by atoms with E-state index in [0.29, 0.717) is 31.2 Å². The molecular weight excluding hydrogens is 386 g/mol. The summed E-state index contributed by atoms with van der Waals surface area (Å²) in [6.07, 6.45) is 9.94. The molecule has 1 saturated carbocycles. The van der Waals surface area contributed by atoms with Crippen LogP contribution < -0.4 is 10.9 Å². The third kappa shape index (κ3) is 4.22. The molecule has 0 radical (unpaired) electrons. The summed E-state index contributed by atoms with van der Waals surface area (Å²) in [5.74, 6) is 1.55. The minimum absolute atomic E-state index is 0.00563. The largest absolute Gasteiger partial charge is 0.353 e. The van der Waals surface area contributed by atoms with E-state index in [1.54, 1.807) is 4.57 Å². The molecule has 3 aromatic heterocycles. The van der Waals surface area contributed by atoms with E-state index in [1.165, 1.54) is 37.0 Å². The first-order valence-corrected chi connectivity index (χ1v) is 11.7. The number of thiophene rings is 1. The van der Waals surface area contributed by atoms with E-state index in [-0.39, 0.29) is 11.5 Å². The predicted octanol–water partition coefficient (Wildman–Crippen LogP) is 3.68. The Kier molecular flexibility index (Phi) is 6.28. The normalized spacial score (nSPS) is 15.8. The number of rotatable bonds is 7. The number of nitrogens with zero attached hydrogens (tertiary/aromatic N) is 4. The van der Waals surface area contributed by atoms with Crippen molar-refractivity contribution in [2.45, 2.75) is 83.7 Å². The van der Waals surface area contributed by atoms with Crippen molar-refractivity contribution in [1.29, 1.82) is 0 Å². The molecule has 4 rings (SSSR count). The molecule has 0 atom stereocenters. The fourth-order valence-electron chi connectivity index (χ4n) is 4.30. The lowest BCUT2D eigenvalue weighted by Gasteiger charge is -2.16. The molecule has 1 fully saturated rings. The van der Waals surface area contributed by atoms with Crippen molar-refractivity contribution in [1.82, 2.24) is 24.5 Å². The zero-order chi connectivity index (χ0) is 20.2. The average molecular weight is 416 g/mol. The zero-order valence-corrected chi connectivity index (χ0v) is 17.8. The Morgan fingerprint density at radius 1 is 1.24 bits per heavy atom. The Morgan fingerprint density at radius 2 is 2.03 bits per heavy atom. The Bertz CT molecular complexity index is 1040. The number of hydrogen-bond donors (Lipinski definition) is 1. The molecule has 3 aromatic rings. The summed E-state index contributed by atoms with van der Waals surface area (Å²) >= 11 is 1.46. The van der Waals surface area contributed by atoms with E-state index in [0.717, 1.165) is 41.7 Å². The van der Waals surface area contributed by atoms with Crippen molar-refractivity contribution < 1.29 is 4.79 Å². The van der Waals surface area contributed by atoms with Crippen molar-refractivity contribution in [2.24, 2.45) is 0 Å². The summed E-state index contributed by atoms with van der Waals surface area (Å²) in [5, 5.41) is 13.8. The summed E-state index contributed by atoms with van der Waals surface area (Å²) in [6.45, 7) is 2.67. The smallest absolute Gasteiger partial charge is 0.272 e.